The number of carbonyl (C=O) groups excluding carboxylic acids is 1. The Hall–Kier alpha value is -2.37. The SMILES string of the molecule is Cc1ccc(O[C@@H]2CCCN(C(=O)c3cc(C)oc3C)C2)nn1. The number of nitrogens with zero attached hydrogens (tertiary/aromatic N) is 3. The van der Waals surface area contributed by atoms with Crippen molar-refractivity contribution in [3.05, 3.63) is 41.0 Å². The van der Waals surface area contributed by atoms with Crippen LogP contribution >= 0.6 is 0 Å². The normalized spacial score (nSPS) is 18.0. The summed E-state index contributed by atoms with van der Waals surface area (Å²) < 4.78 is 11.3. The number of amides is 1. The number of aryl methyl sites for hydroxylation is 3. The predicted octanol–water partition coefficient (Wildman–Crippen LogP) is 2.68. The first kappa shape index (κ1) is 15.5. The highest BCUT2D eigenvalue weighted by Gasteiger charge is 2.27. The molecule has 1 fully saturated rings. The number of aromatic nitrogens is 2. The van der Waals surface area contributed by atoms with Gasteiger partial charge in [-0.3, -0.25) is 4.79 Å². The van der Waals surface area contributed by atoms with Crippen molar-refractivity contribution in [2.24, 2.45) is 0 Å². The zero-order valence-electron chi connectivity index (χ0n) is 13.7. The number of likely N-dealkylation sites (tertiary alicyclic amines) is 1. The molecular formula is C17H21N3O3. The Morgan fingerprint density at radius 1 is 1.30 bits per heavy atom. The Bertz CT molecular complexity index is 694. The van der Waals surface area contributed by atoms with E-state index in [0.29, 0.717) is 23.7 Å². The molecule has 122 valence electrons. The van der Waals surface area contributed by atoms with Crippen molar-refractivity contribution in [2.45, 2.75) is 39.7 Å². The number of carbonyl (C=O) groups is 1. The quantitative estimate of drug-likeness (QED) is 0.871. The lowest BCUT2D eigenvalue weighted by atomic mass is 10.1. The molecule has 1 atom stereocenters. The van der Waals surface area contributed by atoms with Crippen molar-refractivity contribution >= 4 is 5.91 Å². The first-order chi connectivity index (χ1) is 11.0. The first-order valence-electron chi connectivity index (χ1n) is 7.86. The van der Waals surface area contributed by atoms with Gasteiger partial charge in [-0.1, -0.05) is 0 Å². The number of furan rings is 1. The Balaban J connectivity index is 1.67. The first-order valence-corrected chi connectivity index (χ1v) is 7.86. The maximum absolute atomic E-state index is 12.7. The Morgan fingerprint density at radius 3 is 2.78 bits per heavy atom. The van der Waals surface area contributed by atoms with Crippen LogP contribution in [0.5, 0.6) is 5.88 Å². The maximum Gasteiger partial charge on any atom is 0.257 e. The van der Waals surface area contributed by atoms with E-state index in [1.165, 1.54) is 0 Å². The van der Waals surface area contributed by atoms with Crippen LogP contribution in [0.2, 0.25) is 0 Å². The van der Waals surface area contributed by atoms with Gasteiger partial charge in [-0.15, -0.1) is 5.10 Å². The zero-order chi connectivity index (χ0) is 16.4. The molecule has 0 N–H and O–H groups in total. The van der Waals surface area contributed by atoms with Crippen molar-refractivity contribution in [3.8, 4) is 5.88 Å². The predicted molar refractivity (Wildman–Crippen MR) is 84.5 cm³/mol. The fourth-order valence-corrected chi connectivity index (χ4v) is 2.85. The lowest BCUT2D eigenvalue weighted by Gasteiger charge is -2.32. The third-order valence-electron chi connectivity index (χ3n) is 4.00. The van der Waals surface area contributed by atoms with Crippen LogP contribution in [0, 0.1) is 20.8 Å². The van der Waals surface area contributed by atoms with E-state index in [1.54, 1.807) is 6.07 Å². The van der Waals surface area contributed by atoms with Gasteiger partial charge in [-0.2, -0.15) is 5.10 Å². The Labute approximate surface area is 135 Å². The van der Waals surface area contributed by atoms with E-state index in [4.69, 9.17) is 9.15 Å². The average Bonchev–Trinajstić information content (AvgIpc) is 2.88. The van der Waals surface area contributed by atoms with Gasteiger partial charge in [0.25, 0.3) is 5.91 Å². The molecule has 0 unspecified atom stereocenters. The molecule has 1 amide bonds. The molecule has 3 rings (SSSR count). The molecular weight excluding hydrogens is 294 g/mol. The molecule has 23 heavy (non-hydrogen) atoms. The lowest BCUT2D eigenvalue weighted by Crippen LogP contribution is -2.44. The molecule has 0 radical (unpaired) electrons. The van der Waals surface area contributed by atoms with Gasteiger partial charge in [0.2, 0.25) is 5.88 Å². The van der Waals surface area contributed by atoms with Crippen LogP contribution in [0.4, 0.5) is 0 Å². The highest BCUT2D eigenvalue weighted by Crippen LogP contribution is 2.21. The van der Waals surface area contributed by atoms with E-state index >= 15 is 0 Å². The van der Waals surface area contributed by atoms with E-state index in [1.807, 2.05) is 37.8 Å². The van der Waals surface area contributed by atoms with Crippen LogP contribution in [0.25, 0.3) is 0 Å². The number of hydrogen-bond donors (Lipinski definition) is 0. The molecule has 0 spiro atoms. The van der Waals surface area contributed by atoms with Crippen molar-refractivity contribution in [1.29, 1.82) is 0 Å². The van der Waals surface area contributed by atoms with Crippen molar-refractivity contribution in [3.63, 3.8) is 0 Å². The largest absolute Gasteiger partial charge is 0.471 e. The van der Waals surface area contributed by atoms with Crippen LogP contribution in [0.3, 0.4) is 0 Å². The van der Waals surface area contributed by atoms with Gasteiger partial charge in [0.05, 0.1) is 17.8 Å². The summed E-state index contributed by atoms with van der Waals surface area (Å²) in [4.78, 5) is 14.5. The molecule has 1 aliphatic heterocycles. The lowest BCUT2D eigenvalue weighted by molar-refractivity contribution is 0.0524. The van der Waals surface area contributed by atoms with E-state index in [9.17, 15) is 4.79 Å². The minimum absolute atomic E-state index is 0.00244. The van der Waals surface area contributed by atoms with E-state index < -0.39 is 0 Å². The summed E-state index contributed by atoms with van der Waals surface area (Å²) >= 11 is 0. The van der Waals surface area contributed by atoms with Crippen LogP contribution in [0.1, 0.15) is 40.4 Å². The standard InChI is InChI=1S/C17H21N3O3/c1-11-6-7-16(19-18-11)23-14-5-4-8-20(10-14)17(21)15-9-12(2)22-13(15)3/h6-7,9,14H,4-5,8,10H2,1-3H3/t14-/m1/s1. The zero-order valence-corrected chi connectivity index (χ0v) is 13.7. The molecule has 1 aliphatic rings. The van der Waals surface area contributed by atoms with Crippen LogP contribution < -0.4 is 4.74 Å². The number of hydrogen-bond acceptors (Lipinski definition) is 5. The molecule has 0 bridgehead atoms. The maximum atomic E-state index is 12.7. The number of rotatable bonds is 3. The summed E-state index contributed by atoms with van der Waals surface area (Å²) in [7, 11) is 0. The molecule has 3 heterocycles. The van der Waals surface area contributed by atoms with Crippen LogP contribution in [-0.4, -0.2) is 40.2 Å². The molecule has 0 aromatic carbocycles. The molecule has 2 aromatic rings. The second-order valence-electron chi connectivity index (χ2n) is 5.97. The average molecular weight is 315 g/mol. The van der Waals surface area contributed by atoms with Gasteiger partial charge in [-0.05, 0) is 45.7 Å². The monoisotopic (exact) mass is 315 g/mol. The minimum atomic E-state index is -0.0574. The summed E-state index contributed by atoms with van der Waals surface area (Å²) in [6.07, 6.45) is 1.76. The van der Waals surface area contributed by atoms with Gasteiger partial charge in [-0.25, -0.2) is 0 Å². The number of ether oxygens (including phenoxy) is 1. The van der Waals surface area contributed by atoms with Gasteiger partial charge in [0.15, 0.2) is 0 Å². The van der Waals surface area contributed by atoms with E-state index in [0.717, 1.165) is 30.8 Å². The minimum Gasteiger partial charge on any atom is -0.471 e. The fourth-order valence-electron chi connectivity index (χ4n) is 2.85. The molecule has 0 aliphatic carbocycles. The van der Waals surface area contributed by atoms with Gasteiger partial charge < -0.3 is 14.1 Å². The van der Waals surface area contributed by atoms with Crippen molar-refractivity contribution < 1.29 is 13.9 Å². The van der Waals surface area contributed by atoms with Crippen molar-refractivity contribution in [2.75, 3.05) is 13.1 Å². The van der Waals surface area contributed by atoms with Gasteiger partial charge in [0, 0.05) is 12.6 Å². The Morgan fingerprint density at radius 2 is 2.13 bits per heavy atom. The van der Waals surface area contributed by atoms with Crippen LogP contribution in [-0.2, 0) is 0 Å². The summed E-state index contributed by atoms with van der Waals surface area (Å²) in [5.41, 5.74) is 1.49. The number of piperidine rings is 1. The fraction of sp³-hybridized carbons (Fsp3) is 0.471. The highest BCUT2D eigenvalue weighted by atomic mass is 16.5. The summed E-state index contributed by atoms with van der Waals surface area (Å²) in [5.74, 6) is 1.93. The highest BCUT2D eigenvalue weighted by molar-refractivity contribution is 5.95. The van der Waals surface area contributed by atoms with Gasteiger partial charge >= 0.3 is 0 Å². The summed E-state index contributed by atoms with van der Waals surface area (Å²) in [6, 6.07) is 5.48. The van der Waals surface area contributed by atoms with Gasteiger partial charge in [0.1, 0.15) is 17.6 Å². The third kappa shape index (κ3) is 3.52. The molecule has 6 nitrogen and oxygen atoms in total. The second kappa shape index (κ2) is 6.40. The topological polar surface area (TPSA) is 68.5 Å². The second-order valence-corrected chi connectivity index (χ2v) is 5.97. The Kier molecular flexibility index (Phi) is 4.32. The summed E-state index contributed by atoms with van der Waals surface area (Å²) in [5, 5.41) is 8.02. The molecule has 2 aromatic heterocycles. The molecule has 1 saturated heterocycles. The molecule has 6 heteroatoms. The smallest absolute Gasteiger partial charge is 0.257 e. The summed E-state index contributed by atoms with van der Waals surface area (Å²) in [6.45, 7) is 6.84. The third-order valence-corrected chi connectivity index (χ3v) is 4.00. The van der Waals surface area contributed by atoms with E-state index in [-0.39, 0.29) is 12.0 Å². The molecule has 0 saturated carbocycles. The van der Waals surface area contributed by atoms with Crippen LogP contribution in [0.15, 0.2) is 22.6 Å². The van der Waals surface area contributed by atoms with E-state index in [2.05, 4.69) is 10.2 Å². The van der Waals surface area contributed by atoms with Crippen molar-refractivity contribution in [1.82, 2.24) is 15.1 Å².